The van der Waals surface area contributed by atoms with Crippen molar-refractivity contribution >= 4 is 5.65 Å². The van der Waals surface area contributed by atoms with Crippen molar-refractivity contribution in [3.8, 4) is 22.9 Å². The lowest BCUT2D eigenvalue weighted by atomic mass is 10.1. The van der Waals surface area contributed by atoms with Crippen LogP contribution in [0.4, 0.5) is 13.2 Å². The Kier molecular flexibility index (Phi) is 5.23. The molecule has 0 bridgehead atoms. The first kappa shape index (κ1) is 21.0. The van der Waals surface area contributed by atoms with Gasteiger partial charge < -0.3 is 9.47 Å². The summed E-state index contributed by atoms with van der Waals surface area (Å²) in [4.78, 5) is 21.2. The first-order valence-corrected chi connectivity index (χ1v) is 10.3. The number of hydrogen-bond acceptors (Lipinski definition) is 6. The number of rotatable bonds is 7. The van der Waals surface area contributed by atoms with Crippen LogP contribution in [-0.2, 0) is 6.54 Å². The highest BCUT2D eigenvalue weighted by Crippen LogP contribution is 2.39. The molecule has 1 aliphatic carbocycles. The Hall–Kier alpha value is -3.89. The van der Waals surface area contributed by atoms with Crippen LogP contribution in [0.5, 0.6) is 11.8 Å². The molecule has 0 radical (unpaired) electrons. The summed E-state index contributed by atoms with van der Waals surface area (Å²) in [6.07, 6.45) is 0.750. The molecule has 170 valence electrons. The van der Waals surface area contributed by atoms with Crippen LogP contribution >= 0.6 is 0 Å². The Labute approximate surface area is 185 Å². The Morgan fingerprint density at radius 1 is 1.03 bits per heavy atom. The molecule has 1 saturated carbocycles. The number of nitrogens with zero attached hydrogens (tertiary/aromatic N) is 5. The smallest absolute Gasteiger partial charge is 0.461 e. The maximum atomic E-state index is 12.7. The molecule has 0 unspecified atom stereocenters. The van der Waals surface area contributed by atoms with Gasteiger partial charge in [-0.15, -0.1) is 18.3 Å². The Morgan fingerprint density at radius 2 is 1.79 bits per heavy atom. The molecule has 0 aliphatic heterocycles. The van der Waals surface area contributed by atoms with Gasteiger partial charge >= 0.3 is 18.1 Å². The number of benzene rings is 1. The van der Waals surface area contributed by atoms with Crippen LogP contribution < -0.4 is 15.2 Å². The van der Waals surface area contributed by atoms with E-state index in [-0.39, 0.29) is 30.6 Å². The fraction of sp³-hybridized carbons (Fsp3) is 0.273. The molecule has 1 fully saturated rings. The normalized spacial score (nSPS) is 13.9. The van der Waals surface area contributed by atoms with Gasteiger partial charge in [0.05, 0.1) is 12.2 Å². The van der Waals surface area contributed by atoms with E-state index in [2.05, 4.69) is 19.8 Å². The van der Waals surface area contributed by atoms with Crippen molar-refractivity contribution in [2.75, 3.05) is 6.61 Å². The van der Waals surface area contributed by atoms with E-state index in [4.69, 9.17) is 4.74 Å². The van der Waals surface area contributed by atoms with E-state index in [1.165, 1.54) is 33.3 Å². The summed E-state index contributed by atoms with van der Waals surface area (Å²) in [5.41, 5.74) is 2.31. The molecule has 5 rings (SSSR count). The van der Waals surface area contributed by atoms with Crippen molar-refractivity contribution in [1.82, 2.24) is 24.1 Å². The molecule has 0 atom stereocenters. The third-order valence-corrected chi connectivity index (χ3v) is 5.18. The molecule has 3 aromatic heterocycles. The Bertz CT molecular complexity index is 1340. The highest BCUT2D eigenvalue weighted by molar-refractivity contribution is 5.65. The molecule has 1 aliphatic rings. The second-order valence-corrected chi connectivity index (χ2v) is 7.61. The van der Waals surface area contributed by atoms with Crippen LogP contribution in [0.2, 0.25) is 0 Å². The zero-order valence-corrected chi connectivity index (χ0v) is 17.2. The van der Waals surface area contributed by atoms with Gasteiger partial charge in [-0.3, -0.25) is 0 Å². The third-order valence-electron chi connectivity index (χ3n) is 5.18. The molecule has 0 amide bonds. The first-order valence-electron chi connectivity index (χ1n) is 10.3. The Balaban J connectivity index is 1.29. The molecule has 11 heteroatoms. The van der Waals surface area contributed by atoms with Crippen LogP contribution in [0.15, 0.2) is 59.7 Å². The predicted molar refractivity (Wildman–Crippen MR) is 111 cm³/mol. The van der Waals surface area contributed by atoms with Crippen molar-refractivity contribution in [2.45, 2.75) is 31.7 Å². The van der Waals surface area contributed by atoms with Gasteiger partial charge in [0.2, 0.25) is 0 Å². The van der Waals surface area contributed by atoms with Gasteiger partial charge in [-0.2, -0.15) is 4.98 Å². The summed E-state index contributed by atoms with van der Waals surface area (Å²) < 4.78 is 49.2. The molecule has 8 nitrogen and oxygen atoms in total. The molecule has 3 heterocycles. The van der Waals surface area contributed by atoms with E-state index in [0.29, 0.717) is 22.7 Å². The maximum Gasteiger partial charge on any atom is 0.573 e. The minimum absolute atomic E-state index is 0.172. The van der Waals surface area contributed by atoms with Crippen LogP contribution in [0, 0.1) is 0 Å². The van der Waals surface area contributed by atoms with Gasteiger partial charge in [0.25, 0.3) is 0 Å². The van der Waals surface area contributed by atoms with Gasteiger partial charge in [-0.25, -0.2) is 18.9 Å². The summed E-state index contributed by atoms with van der Waals surface area (Å²) in [5, 5.41) is 4.29. The third kappa shape index (κ3) is 4.81. The van der Waals surface area contributed by atoms with Crippen molar-refractivity contribution in [3.63, 3.8) is 0 Å². The van der Waals surface area contributed by atoms with E-state index in [0.717, 1.165) is 18.5 Å². The van der Waals surface area contributed by atoms with Crippen LogP contribution in [0.3, 0.4) is 0 Å². The number of pyridine rings is 1. The van der Waals surface area contributed by atoms with E-state index in [1.807, 2.05) is 6.07 Å². The molecule has 4 aromatic rings. The molecule has 1 aromatic carbocycles. The van der Waals surface area contributed by atoms with Gasteiger partial charge in [0.15, 0.2) is 5.65 Å². The second-order valence-electron chi connectivity index (χ2n) is 7.61. The van der Waals surface area contributed by atoms with Crippen molar-refractivity contribution in [2.24, 2.45) is 0 Å². The van der Waals surface area contributed by atoms with Crippen LogP contribution in [-0.4, -0.2) is 37.1 Å². The first-order chi connectivity index (χ1) is 15.9. The lowest BCUT2D eigenvalue weighted by Gasteiger charge is -2.09. The minimum atomic E-state index is -4.75. The van der Waals surface area contributed by atoms with Gasteiger partial charge in [0.1, 0.15) is 12.4 Å². The van der Waals surface area contributed by atoms with Gasteiger partial charge in [0, 0.05) is 18.3 Å². The average Bonchev–Trinajstić information content (AvgIpc) is 3.59. The van der Waals surface area contributed by atoms with Gasteiger partial charge in [-0.1, -0.05) is 12.1 Å². The number of alkyl halides is 3. The SMILES string of the molecule is O=c1n(CCOc2nccc(C3CC3)n2)nc2ccc(-c3ccc(OC(F)(F)F)cc3)cn12. The zero-order chi connectivity index (χ0) is 23.0. The molecular weight excluding hydrogens is 439 g/mol. The number of aromatic nitrogens is 5. The molecule has 0 spiro atoms. The van der Waals surface area contributed by atoms with E-state index < -0.39 is 6.36 Å². The maximum absolute atomic E-state index is 12.7. The number of hydrogen-bond donors (Lipinski definition) is 0. The number of ether oxygens (including phenoxy) is 2. The predicted octanol–water partition coefficient (Wildman–Crippen LogP) is 3.81. The summed E-state index contributed by atoms with van der Waals surface area (Å²) >= 11 is 0. The zero-order valence-electron chi connectivity index (χ0n) is 17.2. The monoisotopic (exact) mass is 457 g/mol. The quantitative estimate of drug-likeness (QED) is 0.420. The molecular formula is C22H18F3N5O3. The standard InChI is InChI=1S/C22H18F3N5O3/c23-22(24,25)33-17-6-3-14(4-7-17)16-5-8-19-28-30(21(31)29(19)13-16)11-12-32-20-26-10-9-18(27-20)15-1-2-15/h3-10,13,15H,1-2,11-12H2. The molecule has 33 heavy (non-hydrogen) atoms. The highest BCUT2D eigenvalue weighted by atomic mass is 19.4. The fourth-order valence-corrected chi connectivity index (χ4v) is 3.44. The van der Waals surface area contributed by atoms with Crippen molar-refractivity contribution in [1.29, 1.82) is 0 Å². The van der Waals surface area contributed by atoms with E-state index >= 15 is 0 Å². The highest BCUT2D eigenvalue weighted by Gasteiger charge is 2.31. The van der Waals surface area contributed by atoms with E-state index in [9.17, 15) is 18.0 Å². The van der Waals surface area contributed by atoms with E-state index in [1.54, 1.807) is 24.5 Å². The average molecular weight is 457 g/mol. The minimum Gasteiger partial charge on any atom is -0.461 e. The lowest BCUT2D eigenvalue weighted by Crippen LogP contribution is -2.24. The second kappa shape index (κ2) is 8.23. The summed E-state index contributed by atoms with van der Waals surface area (Å²) in [6.45, 7) is 0.377. The summed E-state index contributed by atoms with van der Waals surface area (Å²) in [7, 11) is 0. The van der Waals surface area contributed by atoms with Crippen LogP contribution in [0.25, 0.3) is 16.8 Å². The molecule has 0 N–H and O–H groups in total. The summed E-state index contributed by atoms with van der Waals surface area (Å²) in [5.74, 6) is 0.169. The van der Waals surface area contributed by atoms with Crippen LogP contribution in [0.1, 0.15) is 24.5 Å². The summed E-state index contributed by atoms with van der Waals surface area (Å²) in [6, 6.07) is 11.0. The molecule has 0 saturated heterocycles. The van der Waals surface area contributed by atoms with Crippen molar-refractivity contribution < 1.29 is 22.6 Å². The van der Waals surface area contributed by atoms with Crippen molar-refractivity contribution in [3.05, 3.63) is 71.0 Å². The largest absolute Gasteiger partial charge is 0.573 e. The number of halogens is 3. The lowest BCUT2D eigenvalue weighted by molar-refractivity contribution is -0.274. The Morgan fingerprint density at radius 3 is 2.52 bits per heavy atom. The number of fused-ring (bicyclic) bond motifs is 1. The topological polar surface area (TPSA) is 83.5 Å². The fourth-order valence-electron chi connectivity index (χ4n) is 3.44. The van der Waals surface area contributed by atoms with Gasteiger partial charge in [-0.05, 0) is 54.3 Å².